The van der Waals surface area contributed by atoms with E-state index in [4.69, 9.17) is 5.73 Å². The van der Waals surface area contributed by atoms with E-state index < -0.39 is 0 Å². The number of halogens is 2. The summed E-state index contributed by atoms with van der Waals surface area (Å²) >= 11 is 0. The molecule has 2 aliphatic rings. The summed E-state index contributed by atoms with van der Waals surface area (Å²) < 4.78 is 27.2. The van der Waals surface area contributed by atoms with Crippen LogP contribution in [0.3, 0.4) is 0 Å². The van der Waals surface area contributed by atoms with Gasteiger partial charge < -0.3 is 10.6 Å². The molecule has 3 rings (SSSR count). The molecule has 5 heteroatoms. The summed E-state index contributed by atoms with van der Waals surface area (Å²) in [5, 5.41) is 0. The van der Waals surface area contributed by atoms with Crippen LogP contribution in [0.5, 0.6) is 0 Å². The molecule has 1 saturated carbocycles. The summed E-state index contributed by atoms with van der Waals surface area (Å²) in [7, 11) is 0. The number of hydrogen-bond donors (Lipinski definition) is 1. The molecule has 128 valence electrons. The van der Waals surface area contributed by atoms with Crippen molar-refractivity contribution >= 4 is 5.69 Å². The van der Waals surface area contributed by atoms with Crippen molar-refractivity contribution in [3.05, 3.63) is 29.8 Å². The number of piperazine rings is 1. The van der Waals surface area contributed by atoms with Crippen LogP contribution in [0.25, 0.3) is 0 Å². The fourth-order valence-corrected chi connectivity index (χ4v) is 3.78. The quantitative estimate of drug-likeness (QED) is 0.924. The third-order valence-corrected chi connectivity index (χ3v) is 5.37. The standard InChI is InChI=1S/C18H27F2N3/c19-15-3-6-17(20)18(13-15)23-11-9-22(10-12-23)8-7-14-1-4-16(21)5-2-14/h3,6,13-14,16H,1-2,4-5,7-12,21H2. The number of rotatable bonds is 4. The second-order valence-corrected chi connectivity index (χ2v) is 6.99. The first kappa shape index (κ1) is 16.7. The van der Waals surface area contributed by atoms with Gasteiger partial charge in [-0.25, -0.2) is 8.78 Å². The first-order valence-electron chi connectivity index (χ1n) is 8.80. The SMILES string of the molecule is NC1CCC(CCN2CCN(c3cc(F)ccc3F)CC2)CC1. The monoisotopic (exact) mass is 323 g/mol. The molecule has 1 aromatic carbocycles. The average Bonchev–Trinajstić information content (AvgIpc) is 2.57. The van der Waals surface area contributed by atoms with Crippen LogP contribution in [-0.2, 0) is 0 Å². The van der Waals surface area contributed by atoms with Crippen LogP contribution in [-0.4, -0.2) is 43.7 Å². The highest BCUT2D eigenvalue weighted by atomic mass is 19.1. The summed E-state index contributed by atoms with van der Waals surface area (Å²) in [6, 6.07) is 4.10. The number of hydrogen-bond acceptors (Lipinski definition) is 3. The summed E-state index contributed by atoms with van der Waals surface area (Å²) in [6.45, 7) is 4.47. The molecule has 2 fully saturated rings. The second kappa shape index (κ2) is 7.58. The first-order chi connectivity index (χ1) is 11.1. The predicted octanol–water partition coefficient (Wildman–Crippen LogP) is 2.99. The maximum absolute atomic E-state index is 13.8. The summed E-state index contributed by atoms with van der Waals surface area (Å²) in [5.41, 5.74) is 6.35. The van der Waals surface area contributed by atoms with E-state index >= 15 is 0 Å². The molecule has 3 nitrogen and oxygen atoms in total. The number of benzene rings is 1. The van der Waals surface area contributed by atoms with E-state index in [0.29, 0.717) is 11.7 Å². The minimum Gasteiger partial charge on any atom is -0.367 e. The Morgan fingerprint density at radius 2 is 1.70 bits per heavy atom. The van der Waals surface area contributed by atoms with E-state index in [1.165, 1.54) is 37.5 Å². The maximum Gasteiger partial charge on any atom is 0.146 e. The molecule has 1 aliphatic heterocycles. The molecular formula is C18H27F2N3. The molecular weight excluding hydrogens is 296 g/mol. The molecule has 0 bridgehead atoms. The van der Waals surface area contributed by atoms with Gasteiger partial charge in [-0.15, -0.1) is 0 Å². The molecule has 1 aliphatic carbocycles. The molecule has 0 spiro atoms. The van der Waals surface area contributed by atoms with Crippen molar-refractivity contribution in [2.75, 3.05) is 37.6 Å². The van der Waals surface area contributed by atoms with Gasteiger partial charge in [-0.3, -0.25) is 4.90 Å². The molecule has 0 amide bonds. The van der Waals surface area contributed by atoms with Crippen molar-refractivity contribution in [2.24, 2.45) is 11.7 Å². The Morgan fingerprint density at radius 3 is 2.39 bits per heavy atom. The van der Waals surface area contributed by atoms with Crippen LogP contribution in [0.1, 0.15) is 32.1 Å². The highest BCUT2D eigenvalue weighted by Crippen LogP contribution is 2.27. The van der Waals surface area contributed by atoms with E-state index in [1.807, 2.05) is 4.90 Å². The fourth-order valence-electron chi connectivity index (χ4n) is 3.78. The smallest absolute Gasteiger partial charge is 0.146 e. The van der Waals surface area contributed by atoms with Gasteiger partial charge in [0.05, 0.1) is 5.69 Å². The predicted molar refractivity (Wildman–Crippen MR) is 89.6 cm³/mol. The topological polar surface area (TPSA) is 32.5 Å². The lowest BCUT2D eigenvalue weighted by Gasteiger charge is -2.37. The first-order valence-corrected chi connectivity index (χ1v) is 8.80. The average molecular weight is 323 g/mol. The molecule has 2 N–H and O–H groups in total. The van der Waals surface area contributed by atoms with Crippen LogP contribution in [0.15, 0.2) is 18.2 Å². The van der Waals surface area contributed by atoms with E-state index in [2.05, 4.69) is 4.90 Å². The van der Waals surface area contributed by atoms with Gasteiger partial charge in [0.1, 0.15) is 11.6 Å². The number of anilines is 1. The van der Waals surface area contributed by atoms with Gasteiger partial charge in [0.2, 0.25) is 0 Å². The van der Waals surface area contributed by atoms with Crippen LogP contribution in [0.4, 0.5) is 14.5 Å². The Morgan fingerprint density at radius 1 is 1.00 bits per heavy atom. The van der Waals surface area contributed by atoms with E-state index in [-0.39, 0.29) is 11.6 Å². The van der Waals surface area contributed by atoms with Crippen LogP contribution >= 0.6 is 0 Å². The van der Waals surface area contributed by atoms with Crippen LogP contribution in [0, 0.1) is 17.6 Å². The Kier molecular flexibility index (Phi) is 5.49. The fraction of sp³-hybridized carbons (Fsp3) is 0.667. The summed E-state index contributed by atoms with van der Waals surface area (Å²) in [6.07, 6.45) is 6.08. The highest BCUT2D eigenvalue weighted by Gasteiger charge is 2.22. The van der Waals surface area contributed by atoms with Gasteiger partial charge in [0.25, 0.3) is 0 Å². The van der Waals surface area contributed by atoms with Crippen LogP contribution < -0.4 is 10.6 Å². The minimum absolute atomic E-state index is 0.335. The van der Waals surface area contributed by atoms with Crippen LogP contribution in [0.2, 0.25) is 0 Å². The minimum atomic E-state index is -0.376. The Balaban J connectivity index is 1.44. The van der Waals surface area contributed by atoms with Crippen molar-refractivity contribution in [3.63, 3.8) is 0 Å². The second-order valence-electron chi connectivity index (χ2n) is 6.99. The van der Waals surface area contributed by atoms with Crippen molar-refractivity contribution in [3.8, 4) is 0 Å². The van der Waals surface area contributed by atoms with Gasteiger partial charge >= 0.3 is 0 Å². The number of nitrogens with two attached hydrogens (primary N) is 1. The zero-order valence-corrected chi connectivity index (χ0v) is 13.7. The van der Waals surface area contributed by atoms with Gasteiger partial charge in [0.15, 0.2) is 0 Å². The van der Waals surface area contributed by atoms with Gasteiger partial charge in [-0.1, -0.05) is 0 Å². The normalized spacial score (nSPS) is 26.5. The zero-order chi connectivity index (χ0) is 16.2. The third kappa shape index (κ3) is 4.42. The summed E-state index contributed by atoms with van der Waals surface area (Å²) in [5.74, 6) is 0.103. The Labute approximate surface area is 137 Å². The number of nitrogens with zero attached hydrogens (tertiary/aromatic N) is 2. The lowest BCUT2D eigenvalue weighted by molar-refractivity contribution is 0.216. The molecule has 1 saturated heterocycles. The lowest BCUT2D eigenvalue weighted by Crippen LogP contribution is -2.47. The van der Waals surface area contributed by atoms with Gasteiger partial charge in [0, 0.05) is 38.3 Å². The Bertz CT molecular complexity index is 507. The Hall–Kier alpha value is -1.20. The lowest BCUT2D eigenvalue weighted by atomic mass is 9.84. The molecule has 23 heavy (non-hydrogen) atoms. The third-order valence-electron chi connectivity index (χ3n) is 5.37. The molecule has 0 radical (unpaired) electrons. The van der Waals surface area contributed by atoms with E-state index in [9.17, 15) is 8.78 Å². The zero-order valence-electron chi connectivity index (χ0n) is 13.7. The molecule has 0 aromatic heterocycles. The highest BCUT2D eigenvalue weighted by molar-refractivity contribution is 5.48. The van der Waals surface area contributed by atoms with Crippen molar-refractivity contribution in [1.29, 1.82) is 0 Å². The largest absolute Gasteiger partial charge is 0.367 e. The van der Waals surface area contributed by atoms with Gasteiger partial charge in [-0.05, 0) is 56.7 Å². The molecule has 1 aromatic rings. The maximum atomic E-state index is 13.8. The summed E-state index contributed by atoms with van der Waals surface area (Å²) in [4.78, 5) is 4.40. The molecule has 0 atom stereocenters. The van der Waals surface area contributed by atoms with E-state index in [0.717, 1.165) is 51.5 Å². The van der Waals surface area contributed by atoms with Crippen molar-refractivity contribution in [2.45, 2.75) is 38.1 Å². The van der Waals surface area contributed by atoms with Gasteiger partial charge in [-0.2, -0.15) is 0 Å². The molecule has 1 heterocycles. The molecule has 0 unspecified atom stereocenters. The van der Waals surface area contributed by atoms with Crippen molar-refractivity contribution in [1.82, 2.24) is 4.90 Å². The van der Waals surface area contributed by atoms with E-state index in [1.54, 1.807) is 0 Å². The van der Waals surface area contributed by atoms with Crippen molar-refractivity contribution < 1.29 is 8.78 Å².